The fourth-order valence-corrected chi connectivity index (χ4v) is 4.42. The number of hydrogen-bond acceptors (Lipinski definition) is 4. The Morgan fingerprint density at radius 2 is 2.10 bits per heavy atom. The maximum absolute atomic E-state index is 11.9. The Hall–Kier alpha value is -0.885. The first-order valence-electron chi connectivity index (χ1n) is 7.16. The van der Waals surface area contributed by atoms with Crippen molar-refractivity contribution in [1.29, 1.82) is 0 Å². The number of hydrogen-bond donors (Lipinski definition) is 1. The molecule has 2 heterocycles. The molecule has 3 rings (SSSR count). The Morgan fingerprint density at radius 3 is 2.71 bits per heavy atom. The monoisotopic (exact) mass is 309 g/mol. The van der Waals surface area contributed by atoms with Gasteiger partial charge in [0.2, 0.25) is 10.0 Å². The van der Waals surface area contributed by atoms with E-state index in [1.54, 1.807) is 6.07 Å². The van der Waals surface area contributed by atoms with Gasteiger partial charge in [-0.3, -0.25) is 0 Å². The molecule has 0 radical (unpaired) electrons. The average molecular weight is 309 g/mol. The Balaban J connectivity index is 1.93. The zero-order valence-electron chi connectivity index (χ0n) is 12.7. The van der Waals surface area contributed by atoms with Crippen LogP contribution >= 0.6 is 0 Å². The van der Waals surface area contributed by atoms with Crippen molar-refractivity contribution >= 4 is 22.6 Å². The largest absolute Gasteiger partial charge is 0.494 e. The van der Waals surface area contributed by atoms with Crippen LogP contribution < -0.4 is 10.2 Å². The lowest BCUT2D eigenvalue weighted by atomic mass is 9.79. The van der Waals surface area contributed by atoms with Gasteiger partial charge in [0.05, 0.1) is 16.6 Å². The lowest BCUT2D eigenvalue weighted by Gasteiger charge is -2.28. The van der Waals surface area contributed by atoms with Crippen molar-refractivity contribution in [3.63, 3.8) is 0 Å². The van der Waals surface area contributed by atoms with Gasteiger partial charge in [-0.25, -0.2) is 13.1 Å². The normalized spacial score (nSPS) is 26.3. The highest BCUT2D eigenvalue weighted by Gasteiger charge is 2.47. The van der Waals surface area contributed by atoms with Crippen LogP contribution in [0.5, 0.6) is 0 Å². The number of benzene rings is 1. The van der Waals surface area contributed by atoms with E-state index in [9.17, 15) is 8.42 Å². The standard InChI is InChI=1S/C14H20BNO4S/c1-9(2)13-14(3,4)20-15(19-13)11-6-5-10-8-16-21(17,18)12(10)7-11/h5-7,9,13,16H,8H2,1-4H3. The molecular weight excluding hydrogens is 289 g/mol. The minimum Gasteiger partial charge on any atom is -0.401 e. The third-order valence-electron chi connectivity index (χ3n) is 4.08. The molecule has 1 atom stereocenters. The summed E-state index contributed by atoms with van der Waals surface area (Å²) < 4.78 is 38.4. The second-order valence-electron chi connectivity index (χ2n) is 6.55. The molecule has 114 valence electrons. The zero-order valence-corrected chi connectivity index (χ0v) is 13.5. The van der Waals surface area contributed by atoms with E-state index in [0.717, 1.165) is 11.0 Å². The molecule has 0 bridgehead atoms. The minimum absolute atomic E-state index is 0.0227. The molecule has 0 aromatic heterocycles. The highest BCUT2D eigenvalue weighted by Crippen LogP contribution is 2.32. The van der Waals surface area contributed by atoms with Crippen molar-refractivity contribution in [2.75, 3.05) is 0 Å². The molecule has 2 aliphatic heterocycles. The quantitative estimate of drug-likeness (QED) is 0.829. The summed E-state index contributed by atoms with van der Waals surface area (Å²) in [6.07, 6.45) is -0.0227. The van der Waals surface area contributed by atoms with Gasteiger partial charge < -0.3 is 9.31 Å². The molecule has 0 amide bonds. The number of nitrogens with one attached hydrogen (secondary N) is 1. The zero-order chi connectivity index (χ0) is 15.4. The predicted octanol–water partition coefficient (Wildman–Crippen LogP) is 1.02. The Kier molecular flexibility index (Phi) is 3.44. The second-order valence-corrected chi connectivity index (χ2v) is 8.28. The summed E-state index contributed by atoms with van der Waals surface area (Å²) in [7, 11) is -3.90. The van der Waals surface area contributed by atoms with Crippen LogP contribution in [0.1, 0.15) is 33.3 Å². The van der Waals surface area contributed by atoms with E-state index < -0.39 is 22.7 Å². The van der Waals surface area contributed by atoms with Crippen molar-refractivity contribution in [2.45, 2.75) is 50.8 Å². The molecule has 0 spiro atoms. The summed E-state index contributed by atoms with van der Waals surface area (Å²) in [5.41, 5.74) is 1.14. The van der Waals surface area contributed by atoms with Gasteiger partial charge in [0.15, 0.2) is 0 Å². The maximum Gasteiger partial charge on any atom is 0.494 e. The van der Waals surface area contributed by atoms with Gasteiger partial charge in [-0.05, 0) is 36.9 Å². The average Bonchev–Trinajstić information content (AvgIpc) is 2.86. The van der Waals surface area contributed by atoms with Crippen LogP contribution in [0.25, 0.3) is 0 Å². The van der Waals surface area contributed by atoms with Gasteiger partial charge in [-0.2, -0.15) is 0 Å². The topological polar surface area (TPSA) is 64.6 Å². The molecule has 1 aromatic rings. The lowest BCUT2D eigenvalue weighted by molar-refractivity contribution is 0.0438. The molecular formula is C14H20BNO4S. The Bertz CT molecular complexity index is 672. The number of fused-ring (bicyclic) bond motifs is 1. The van der Waals surface area contributed by atoms with E-state index in [1.165, 1.54) is 0 Å². The first-order chi connectivity index (χ1) is 9.71. The maximum atomic E-state index is 11.9. The van der Waals surface area contributed by atoms with Crippen LogP contribution in [0.3, 0.4) is 0 Å². The van der Waals surface area contributed by atoms with E-state index in [1.807, 2.05) is 26.0 Å². The SMILES string of the molecule is CC(C)C1OB(c2ccc3c(c2)S(=O)(=O)NC3)OC1(C)C. The van der Waals surface area contributed by atoms with Crippen LogP contribution in [0.15, 0.2) is 23.1 Å². The van der Waals surface area contributed by atoms with Crippen LogP contribution in [0.2, 0.25) is 0 Å². The molecule has 1 saturated heterocycles. The fourth-order valence-electron chi connectivity index (χ4n) is 3.14. The van der Waals surface area contributed by atoms with Gasteiger partial charge in [0.25, 0.3) is 0 Å². The van der Waals surface area contributed by atoms with Gasteiger partial charge >= 0.3 is 7.12 Å². The Morgan fingerprint density at radius 1 is 1.38 bits per heavy atom. The fraction of sp³-hybridized carbons (Fsp3) is 0.571. The van der Waals surface area contributed by atoms with Gasteiger partial charge in [0.1, 0.15) is 0 Å². The molecule has 1 aromatic carbocycles. The van der Waals surface area contributed by atoms with Gasteiger partial charge in [0, 0.05) is 6.54 Å². The third-order valence-corrected chi connectivity index (χ3v) is 5.56. The molecule has 7 heteroatoms. The second kappa shape index (κ2) is 4.81. The van der Waals surface area contributed by atoms with E-state index in [2.05, 4.69) is 18.6 Å². The molecule has 1 N–H and O–H groups in total. The summed E-state index contributed by atoms with van der Waals surface area (Å²) in [5, 5.41) is 0. The van der Waals surface area contributed by atoms with Crippen molar-refractivity contribution in [3.8, 4) is 0 Å². The highest BCUT2D eigenvalue weighted by molar-refractivity contribution is 7.89. The van der Waals surface area contributed by atoms with Gasteiger partial charge in [-0.1, -0.05) is 26.0 Å². The van der Waals surface area contributed by atoms with Crippen molar-refractivity contribution in [3.05, 3.63) is 23.8 Å². The summed E-state index contributed by atoms with van der Waals surface area (Å²) in [6.45, 7) is 8.54. The summed E-state index contributed by atoms with van der Waals surface area (Å²) in [4.78, 5) is 0.331. The van der Waals surface area contributed by atoms with Crippen LogP contribution in [-0.4, -0.2) is 27.2 Å². The van der Waals surface area contributed by atoms with Crippen molar-refractivity contribution in [1.82, 2.24) is 4.72 Å². The van der Waals surface area contributed by atoms with E-state index in [-0.39, 0.29) is 6.10 Å². The first kappa shape index (κ1) is 15.0. The molecule has 0 saturated carbocycles. The third kappa shape index (κ3) is 2.52. The molecule has 0 aliphatic carbocycles. The van der Waals surface area contributed by atoms with E-state index in [0.29, 0.717) is 17.4 Å². The predicted molar refractivity (Wildman–Crippen MR) is 80.7 cm³/mol. The molecule has 21 heavy (non-hydrogen) atoms. The van der Waals surface area contributed by atoms with Crippen LogP contribution in [0, 0.1) is 5.92 Å². The molecule has 1 unspecified atom stereocenters. The van der Waals surface area contributed by atoms with Crippen LogP contribution in [0.4, 0.5) is 0 Å². The smallest absolute Gasteiger partial charge is 0.401 e. The van der Waals surface area contributed by atoms with E-state index in [4.69, 9.17) is 9.31 Å². The molecule has 1 fully saturated rings. The summed E-state index contributed by atoms with van der Waals surface area (Å²) in [5.74, 6) is 0.324. The molecule has 5 nitrogen and oxygen atoms in total. The first-order valence-corrected chi connectivity index (χ1v) is 8.65. The number of sulfonamides is 1. The van der Waals surface area contributed by atoms with Crippen molar-refractivity contribution < 1.29 is 17.7 Å². The Labute approximate surface area is 126 Å². The van der Waals surface area contributed by atoms with Crippen molar-refractivity contribution in [2.24, 2.45) is 5.92 Å². The molecule has 2 aliphatic rings. The lowest BCUT2D eigenvalue weighted by Crippen LogP contribution is -2.37. The van der Waals surface area contributed by atoms with E-state index >= 15 is 0 Å². The minimum atomic E-state index is -3.38. The van der Waals surface area contributed by atoms with Crippen LogP contribution in [-0.2, 0) is 25.9 Å². The summed E-state index contributed by atoms with van der Waals surface area (Å²) >= 11 is 0. The summed E-state index contributed by atoms with van der Waals surface area (Å²) in [6, 6.07) is 5.36. The van der Waals surface area contributed by atoms with Gasteiger partial charge in [-0.15, -0.1) is 0 Å². The number of rotatable bonds is 2. The highest BCUT2D eigenvalue weighted by atomic mass is 32.2.